The molecular weight excluding hydrogens is 347 g/mol. The topological polar surface area (TPSA) is 129 Å². The van der Waals surface area contributed by atoms with E-state index in [1.165, 1.54) is 0 Å². The highest BCUT2D eigenvalue weighted by atomic mass is 16.5. The number of nitrogen functional groups attached to an aromatic ring is 2. The van der Waals surface area contributed by atoms with Crippen molar-refractivity contribution < 1.29 is 19.0 Å². The molecule has 2 aromatic carbocycles. The highest BCUT2D eigenvalue weighted by Gasteiger charge is 2.06. The highest BCUT2D eigenvalue weighted by molar-refractivity contribution is 6.33. The van der Waals surface area contributed by atoms with E-state index in [1.54, 1.807) is 43.5 Å². The summed E-state index contributed by atoms with van der Waals surface area (Å²) < 4.78 is 10.0. The summed E-state index contributed by atoms with van der Waals surface area (Å²) in [5.74, 6) is -1.12. The standard InChI is InChI=1S/C18H21BN4O4/c1-26-19-23-16-5-3-2-4-15(16)22-17(24)6-7-18(25)27-11-12-8-13(20)10-14(21)9-12/h2-10,19,23H,11,20-21H2,1H3,(H,22,24)/b7-6-. The summed E-state index contributed by atoms with van der Waals surface area (Å²) in [7, 11) is 1.85. The van der Waals surface area contributed by atoms with Crippen LogP contribution in [0.2, 0.25) is 0 Å². The summed E-state index contributed by atoms with van der Waals surface area (Å²) in [5, 5.41) is 5.69. The summed E-state index contributed by atoms with van der Waals surface area (Å²) in [6.07, 6.45) is 2.15. The van der Waals surface area contributed by atoms with Gasteiger partial charge in [-0.1, -0.05) is 12.1 Å². The van der Waals surface area contributed by atoms with Crippen molar-refractivity contribution >= 4 is 42.2 Å². The number of carbonyl (C=O) groups is 2. The Morgan fingerprint density at radius 3 is 2.41 bits per heavy atom. The maximum Gasteiger partial charge on any atom is 0.393 e. The lowest BCUT2D eigenvalue weighted by atomic mass is 10.2. The number of para-hydroxylation sites is 2. The molecule has 0 saturated heterocycles. The van der Waals surface area contributed by atoms with Gasteiger partial charge in [-0.15, -0.1) is 0 Å². The van der Waals surface area contributed by atoms with E-state index in [1.807, 2.05) is 6.07 Å². The first kappa shape index (κ1) is 19.9. The van der Waals surface area contributed by atoms with Crippen LogP contribution in [-0.2, 0) is 25.6 Å². The van der Waals surface area contributed by atoms with Gasteiger partial charge >= 0.3 is 13.6 Å². The SMILES string of the molecule is COBNc1ccccc1NC(=O)/C=C\C(=O)OCc1cc(N)cc(N)c1. The number of esters is 1. The molecule has 0 saturated carbocycles. The third-order valence-corrected chi connectivity index (χ3v) is 3.38. The second kappa shape index (κ2) is 9.88. The number of rotatable bonds is 8. The number of nitrogens with one attached hydrogen (secondary N) is 2. The average molecular weight is 368 g/mol. The Hall–Kier alpha value is -3.46. The van der Waals surface area contributed by atoms with E-state index in [-0.39, 0.29) is 6.61 Å². The molecule has 0 unspecified atom stereocenters. The second-order valence-corrected chi connectivity index (χ2v) is 5.59. The molecule has 9 heteroatoms. The van der Waals surface area contributed by atoms with E-state index in [4.69, 9.17) is 20.9 Å². The maximum atomic E-state index is 12.0. The van der Waals surface area contributed by atoms with Crippen LogP contribution in [-0.4, -0.2) is 26.6 Å². The Morgan fingerprint density at radius 2 is 1.74 bits per heavy atom. The maximum absolute atomic E-state index is 12.0. The van der Waals surface area contributed by atoms with Crippen LogP contribution in [0.25, 0.3) is 0 Å². The summed E-state index contributed by atoms with van der Waals surface area (Å²) >= 11 is 0. The Kier molecular flexibility index (Phi) is 7.27. The van der Waals surface area contributed by atoms with Gasteiger partial charge in [0.15, 0.2) is 0 Å². The zero-order valence-electron chi connectivity index (χ0n) is 14.9. The van der Waals surface area contributed by atoms with Crippen molar-refractivity contribution in [2.45, 2.75) is 6.61 Å². The minimum absolute atomic E-state index is 0.00377. The van der Waals surface area contributed by atoms with Crippen LogP contribution in [0.4, 0.5) is 22.7 Å². The summed E-state index contributed by atoms with van der Waals surface area (Å²) in [5.41, 5.74) is 14.2. The smallest absolute Gasteiger partial charge is 0.393 e. The Morgan fingerprint density at radius 1 is 1.07 bits per heavy atom. The third kappa shape index (κ3) is 6.75. The molecule has 0 spiro atoms. The zero-order valence-corrected chi connectivity index (χ0v) is 14.9. The molecule has 2 aromatic rings. The van der Waals surface area contributed by atoms with Crippen LogP contribution in [0.1, 0.15) is 5.56 Å². The van der Waals surface area contributed by atoms with Crippen LogP contribution in [0.15, 0.2) is 54.6 Å². The van der Waals surface area contributed by atoms with Gasteiger partial charge in [0.05, 0.1) is 5.69 Å². The first-order valence-corrected chi connectivity index (χ1v) is 8.10. The Balaban J connectivity index is 1.88. The van der Waals surface area contributed by atoms with E-state index in [9.17, 15) is 9.59 Å². The Bertz CT molecular complexity index is 822. The van der Waals surface area contributed by atoms with Crippen molar-refractivity contribution in [3.63, 3.8) is 0 Å². The molecule has 140 valence electrons. The van der Waals surface area contributed by atoms with E-state index in [0.29, 0.717) is 35.9 Å². The van der Waals surface area contributed by atoms with Crippen LogP contribution in [0.5, 0.6) is 0 Å². The molecule has 8 nitrogen and oxygen atoms in total. The van der Waals surface area contributed by atoms with Crippen molar-refractivity contribution in [2.75, 3.05) is 29.1 Å². The van der Waals surface area contributed by atoms with E-state index in [0.717, 1.165) is 12.2 Å². The number of hydrogen-bond donors (Lipinski definition) is 4. The van der Waals surface area contributed by atoms with Gasteiger partial charge in [0.25, 0.3) is 0 Å². The number of ether oxygens (including phenoxy) is 1. The molecule has 0 aliphatic rings. The lowest BCUT2D eigenvalue weighted by molar-refractivity contribution is -0.139. The lowest BCUT2D eigenvalue weighted by Gasteiger charge is -2.10. The molecule has 2 rings (SSSR count). The molecule has 0 aromatic heterocycles. The molecule has 0 aliphatic heterocycles. The van der Waals surface area contributed by atoms with Crippen molar-refractivity contribution in [2.24, 2.45) is 0 Å². The summed E-state index contributed by atoms with van der Waals surface area (Å²) in [6.45, 7) is 0.00377. The molecular formula is C18H21BN4O4. The number of benzene rings is 2. The molecule has 0 fully saturated rings. The van der Waals surface area contributed by atoms with Gasteiger partial charge in [0, 0.05) is 36.3 Å². The lowest BCUT2D eigenvalue weighted by Crippen LogP contribution is -2.14. The fourth-order valence-corrected chi connectivity index (χ4v) is 2.25. The van der Waals surface area contributed by atoms with Crippen molar-refractivity contribution in [3.8, 4) is 0 Å². The fourth-order valence-electron chi connectivity index (χ4n) is 2.25. The van der Waals surface area contributed by atoms with Gasteiger partial charge in [-0.2, -0.15) is 0 Å². The molecule has 1 amide bonds. The predicted molar refractivity (Wildman–Crippen MR) is 107 cm³/mol. The van der Waals surface area contributed by atoms with Gasteiger partial charge in [0.2, 0.25) is 5.91 Å². The van der Waals surface area contributed by atoms with Crippen LogP contribution < -0.4 is 22.0 Å². The van der Waals surface area contributed by atoms with Gasteiger partial charge < -0.3 is 31.4 Å². The largest absolute Gasteiger partial charge is 0.458 e. The average Bonchev–Trinajstić information content (AvgIpc) is 2.63. The van der Waals surface area contributed by atoms with Gasteiger partial charge in [-0.25, -0.2) is 4.79 Å². The quantitative estimate of drug-likeness (QED) is 0.240. The molecule has 6 N–H and O–H groups in total. The van der Waals surface area contributed by atoms with Gasteiger partial charge in [-0.3, -0.25) is 4.79 Å². The number of amides is 1. The Labute approximate surface area is 157 Å². The minimum atomic E-state index is -0.656. The zero-order chi connectivity index (χ0) is 19.6. The van der Waals surface area contributed by atoms with Crippen LogP contribution >= 0.6 is 0 Å². The van der Waals surface area contributed by atoms with E-state index >= 15 is 0 Å². The monoisotopic (exact) mass is 368 g/mol. The van der Waals surface area contributed by atoms with Crippen molar-refractivity contribution in [1.29, 1.82) is 0 Å². The normalized spacial score (nSPS) is 10.4. The van der Waals surface area contributed by atoms with Gasteiger partial charge in [0.1, 0.15) is 6.61 Å². The van der Waals surface area contributed by atoms with E-state index in [2.05, 4.69) is 10.5 Å². The first-order valence-electron chi connectivity index (χ1n) is 8.10. The van der Waals surface area contributed by atoms with E-state index < -0.39 is 11.9 Å². The molecule has 0 atom stereocenters. The van der Waals surface area contributed by atoms with Crippen molar-refractivity contribution in [1.82, 2.24) is 0 Å². The third-order valence-electron chi connectivity index (χ3n) is 3.38. The van der Waals surface area contributed by atoms with Gasteiger partial charge in [-0.05, 0) is 35.9 Å². The number of nitrogens with two attached hydrogens (primary N) is 2. The fraction of sp³-hybridized carbons (Fsp3) is 0.111. The molecule has 0 aliphatic carbocycles. The highest BCUT2D eigenvalue weighted by Crippen LogP contribution is 2.20. The molecule has 0 heterocycles. The summed E-state index contributed by atoms with van der Waals surface area (Å²) in [4.78, 5) is 23.8. The first-order chi connectivity index (χ1) is 13.0. The summed E-state index contributed by atoms with van der Waals surface area (Å²) in [6, 6.07) is 12.0. The minimum Gasteiger partial charge on any atom is -0.458 e. The number of hydrogen-bond acceptors (Lipinski definition) is 7. The number of anilines is 4. The van der Waals surface area contributed by atoms with Crippen LogP contribution in [0, 0.1) is 0 Å². The molecule has 0 bridgehead atoms. The second-order valence-electron chi connectivity index (χ2n) is 5.59. The molecule has 27 heavy (non-hydrogen) atoms. The van der Waals surface area contributed by atoms with Crippen molar-refractivity contribution in [3.05, 3.63) is 60.2 Å². The predicted octanol–water partition coefficient (Wildman–Crippen LogP) is 1.41. The number of carbonyl (C=O) groups excluding carboxylic acids is 2. The van der Waals surface area contributed by atoms with Crippen LogP contribution in [0.3, 0.4) is 0 Å². The molecule has 0 radical (unpaired) electrons.